The number of nitrogens with two attached hydrogens (primary N) is 1. The number of hydrogen-bond donors (Lipinski definition) is 1. The average Bonchev–Trinajstić information content (AvgIpc) is 2.89. The largest absolute Gasteiger partial charge is 0.398 e. The SMILES string of the molecule is CC(C)N(Cc1ccccc1N)S(=O)(=O)CC1CCCO1. The van der Waals surface area contributed by atoms with Gasteiger partial charge in [-0.15, -0.1) is 0 Å². The van der Waals surface area contributed by atoms with Gasteiger partial charge in [0.05, 0.1) is 11.9 Å². The summed E-state index contributed by atoms with van der Waals surface area (Å²) in [4.78, 5) is 0. The van der Waals surface area contributed by atoms with Crippen molar-refractivity contribution in [2.24, 2.45) is 0 Å². The lowest BCUT2D eigenvalue weighted by Gasteiger charge is -2.27. The van der Waals surface area contributed by atoms with Gasteiger partial charge in [-0.3, -0.25) is 0 Å². The highest BCUT2D eigenvalue weighted by Gasteiger charge is 2.30. The Labute approximate surface area is 127 Å². The normalized spacial score (nSPS) is 19.5. The molecule has 5 nitrogen and oxygen atoms in total. The van der Waals surface area contributed by atoms with Gasteiger partial charge in [0, 0.05) is 24.9 Å². The molecule has 2 N–H and O–H groups in total. The van der Waals surface area contributed by atoms with Crippen LogP contribution in [0.4, 0.5) is 5.69 Å². The predicted molar refractivity (Wildman–Crippen MR) is 84.3 cm³/mol. The van der Waals surface area contributed by atoms with Gasteiger partial charge in [0.1, 0.15) is 0 Å². The molecule has 0 amide bonds. The van der Waals surface area contributed by atoms with Gasteiger partial charge in [-0.2, -0.15) is 4.31 Å². The van der Waals surface area contributed by atoms with Crippen LogP contribution in [0.5, 0.6) is 0 Å². The number of sulfonamides is 1. The summed E-state index contributed by atoms with van der Waals surface area (Å²) in [7, 11) is -3.37. The Balaban J connectivity index is 2.16. The molecule has 1 aromatic carbocycles. The average molecular weight is 312 g/mol. The van der Waals surface area contributed by atoms with Gasteiger partial charge >= 0.3 is 0 Å². The molecule has 0 bridgehead atoms. The van der Waals surface area contributed by atoms with E-state index in [1.54, 1.807) is 6.07 Å². The zero-order chi connectivity index (χ0) is 15.5. The summed E-state index contributed by atoms with van der Waals surface area (Å²) in [6.45, 7) is 4.73. The van der Waals surface area contributed by atoms with Crippen molar-refractivity contribution in [3.05, 3.63) is 29.8 Å². The van der Waals surface area contributed by atoms with Crippen LogP contribution in [0.25, 0.3) is 0 Å². The van der Waals surface area contributed by atoms with E-state index in [0.717, 1.165) is 18.4 Å². The van der Waals surface area contributed by atoms with Crippen LogP contribution in [0.3, 0.4) is 0 Å². The zero-order valence-electron chi connectivity index (χ0n) is 12.7. The summed E-state index contributed by atoms with van der Waals surface area (Å²) < 4.78 is 32.3. The maximum atomic E-state index is 12.6. The first-order valence-corrected chi connectivity index (χ1v) is 8.95. The van der Waals surface area contributed by atoms with E-state index >= 15 is 0 Å². The first kappa shape index (κ1) is 16.3. The van der Waals surface area contributed by atoms with Crippen molar-refractivity contribution in [3.63, 3.8) is 0 Å². The molecular weight excluding hydrogens is 288 g/mol. The van der Waals surface area contributed by atoms with E-state index in [1.807, 2.05) is 32.0 Å². The van der Waals surface area contributed by atoms with Gasteiger partial charge < -0.3 is 10.5 Å². The highest BCUT2D eigenvalue weighted by atomic mass is 32.2. The lowest BCUT2D eigenvalue weighted by atomic mass is 10.2. The van der Waals surface area contributed by atoms with E-state index in [2.05, 4.69) is 0 Å². The number of nitrogens with zero attached hydrogens (tertiary/aromatic N) is 1. The molecule has 1 saturated heterocycles. The monoisotopic (exact) mass is 312 g/mol. The van der Waals surface area contributed by atoms with Crippen LogP contribution >= 0.6 is 0 Å². The van der Waals surface area contributed by atoms with Crippen LogP contribution < -0.4 is 5.73 Å². The minimum absolute atomic E-state index is 0.0535. The van der Waals surface area contributed by atoms with E-state index < -0.39 is 10.0 Å². The van der Waals surface area contributed by atoms with Crippen LogP contribution in [0.2, 0.25) is 0 Å². The van der Waals surface area contributed by atoms with Crippen LogP contribution in [0.15, 0.2) is 24.3 Å². The molecule has 0 aromatic heterocycles. The summed E-state index contributed by atoms with van der Waals surface area (Å²) in [6.07, 6.45) is 1.58. The molecule has 1 aromatic rings. The molecule has 21 heavy (non-hydrogen) atoms. The number of benzene rings is 1. The molecule has 2 rings (SSSR count). The van der Waals surface area contributed by atoms with Crippen molar-refractivity contribution in [3.8, 4) is 0 Å². The van der Waals surface area contributed by atoms with Crippen molar-refractivity contribution in [2.75, 3.05) is 18.1 Å². The number of nitrogen functional groups attached to an aromatic ring is 1. The van der Waals surface area contributed by atoms with Crippen LogP contribution in [0.1, 0.15) is 32.3 Å². The second-order valence-corrected chi connectivity index (χ2v) is 7.72. The number of para-hydroxylation sites is 1. The predicted octanol–water partition coefficient (Wildman–Crippen LogP) is 1.99. The molecule has 1 atom stereocenters. The Morgan fingerprint density at radius 1 is 1.38 bits per heavy atom. The molecule has 1 fully saturated rings. The third-order valence-electron chi connectivity index (χ3n) is 3.74. The van der Waals surface area contributed by atoms with Crippen LogP contribution in [0, 0.1) is 0 Å². The maximum absolute atomic E-state index is 12.6. The fourth-order valence-electron chi connectivity index (χ4n) is 2.55. The fourth-order valence-corrected chi connectivity index (χ4v) is 4.46. The smallest absolute Gasteiger partial charge is 0.217 e. The molecule has 0 spiro atoms. The highest BCUT2D eigenvalue weighted by molar-refractivity contribution is 7.89. The number of anilines is 1. The lowest BCUT2D eigenvalue weighted by Crippen LogP contribution is -2.40. The van der Waals surface area contributed by atoms with E-state index in [4.69, 9.17) is 10.5 Å². The van der Waals surface area contributed by atoms with Crippen LogP contribution in [-0.4, -0.2) is 37.2 Å². The number of hydrogen-bond acceptors (Lipinski definition) is 4. The highest BCUT2D eigenvalue weighted by Crippen LogP contribution is 2.21. The fraction of sp³-hybridized carbons (Fsp3) is 0.600. The van der Waals surface area contributed by atoms with Gasteiger partial charge in [0.15, 0.2) is 0 Å². The van der Waals surface area contributed by atoms with Gasteiger partial charge in [-0.25, -0.2) is 8.42 Å². The Bertz CT molecular complexity index is 566. The van der Waals surface area contributed by atoms with Gasteiger partial charge in [0.2, 0.25) is 10.0 Å². The van der Waals surface area contributed by atoms with E-state index in [9.17, 15) is 8.42 Å². The molecule has 0 aliphatic carbocycles. The second-order valence-electron chi connectivity index (χ2n) is 5.75. The van der Waals surface area contributed by atoms with E-state index in [1.165, 1.54) is 4.31 Å². The minimum Gasteiger partial charge on any atom is -0.398 e. The first-order chi connectivity index (χ1) is 9.90. The second kappa shape index (κ2) is 6.77. The van der Waals surface area contributed by atoms with Crippen LogP contribution in [-0.2, 0) is 21.3 Å². The number of ether oxygens (including phenoxy) is 1. The van der Waals surface area contributed by atoms with Gasteiger partial charge in [-0.1, -0.05) is 18.2 Å². The Morgan fingerprint density at radius 2 is 2.10 bits per heavy atom. The molecule has 0 saturated carbocycles. The van der Waals surface area contributed by atoms with Crippen molar-refractivity contribution in [1.82, 2.24) is 4.31 Å². The Hall–Kier alpha value is -1.11. The van der Waals surface area contributed by atoms with E-state index in [-0.39, 0.29) is 17.9 Å². The molecule has 6 heteroatoms. The van der Waals surface area contributed by atoms with Crippen molar-refractivity contribution < 1.29 is 13.2 Å². The summed E-state index contributed by atoms with van der Waals surface area (Å²) in [5.74, 6) is 0.0535. The maximum Gasteiger partial charge on any atom is 0.217 e. The quantitative estimate of drug-likeness (QED) is 0.815. The third-order valence-corrected chi connectivity index (χ3v) is 5.79. The molecule has 0 radical (unpaired) electrons. The van der Waals surface area contributed by atoms with Gasteiger partial charge in [-0.05, 0) is 38.3 Å². The summed E-state index contributed by atoms with van der Waals surface area (Å²) >= 11 is 0. The summed E-state index contributed by atoms with van der Waals surface area (Å²) in [6, 6.07) is 7.26. The molecule has 1 heterocycles. The minimum atomic E-state index is -3.37. The summed E-state index contributed by atoms with van der Waals surface area (Å²) in [5.41, 5.74) is 7.39. The Morgan fingerprint density at radius 3 is 2.67 bits per heavy atom. The molecule has 1 aliphatic rings. The standard InChI is InChI=1S/C15H24N2O3S/c1-12(2)17(10-13-6-3-4-8-15(13)16)21(18,19)11-14-7-5-9-20-14/h3-4,6,8,12,14H,5,7,9-11,16H2,1-2H3. The zero-order valence-corrected chi connectivity index (χ0v) is 13.5. The molecule has 1 aliphatic heterocycles. The topological polar surface area (TPSA) is 72.6 Å². The third kappa shape index (κ3) is 4.18. The lowest BCUT2D eigenvalue weighted by molar-refractivity contribution is 0.126. The number of rotatable bonds is 6. The van der Waals surface area contributed by atoms with Crippen molar-refractivity contribution in [1.29, 1.82) is 0 Å². The van der Waals surface area contributed by atoms with Crippen molar-refractivity contribution in [2.45, 2.75) is 45.4 Å². The van der Waals surface area contributed by atoms with Crippen molar-refractivity contribution >= 4 is 15.7 Å². The summed E-state index contributed by atoms with van der Waals surface area (Å²) in [5, 5.41) is 0. The Kier molecular flexibility index (Phi) is 5.24. The molecule has 118 valence electrons. The van der Waals surface area contributed by atoms with Gasteiger partial charge in [0.25, 0.3) is 0 Å². The van der Waals surface area contributed by atoms with E-state index in [0.29, 0.717) is 18.8 Å². The molecular formula is C15H24N2O3S. The molecule has 1 unspecified atom stereocenters. The first-order valence-electron chi connectivity index (χ1n) is 7.34.